The Bertz CT molecular complexity index is 8.00. The van der Waals surface area contributed by atoms with E-state index >= 15 is 0 Å². The maximum Gasteiger partial charge on any atom is 0 e. The quantitative estimate of drug-likeness (QED) is 0.492. The van der Waals surface area contributed by atoms with Crippen LogP contribution < -0.4 is 0 Å². The first-order valence-corrected chi connectivity index (χ1v) is 1.37. The molecule has 0 saturated heterocycles. The van der Waals surface area contributed by atoms with Gasteiger partial charge in [-0.1, -0.05) is 0 Å². The minimum atomic E-state index is 0. The van der Waals surface area contributed by atoms with Crippen molar-refractivity contribution in [1.82, 2.24) is 0 Å². The predicted molar refractivity (Wildman–Crippen MR) is 12.2 cm³/mol. The van der Waals surface area contributed by atoms with Crippen LogP contribution in [0, 0.1) is 0 Å². The smallest absolute Gasteiger partial charge is 0 e. The number of hydrogen-bond donors (Lipinski definition) is 0. The summed E-state index contributed by atoms with van der Waals surface area (Å²) < 4.78 is 8.34. The van der Waals surface area contributed by atoms with E-state index in [0.717, 1.165) is 0 Å². The first-order chi connectivity index (χ1) is 1.00. The molecule has 0 fully saturated rings. The van der Waals surface area contributed by atoms with Crippen LogP contribution in [0.5, 0.6) is 0 Å². The maximum atomic E-state index is 8.34. The van der Waals surface area contributed by atoms with E-state index in [1.807, 2.05) is 0 Å². The molecule has 0 aromatic carbocycles. The molecule has 0 aromatic rings. The number of rotatable bonds is 0. The molecule has 4 heteroatoms. The second-order valence-corrected chi connectivity index (χ2v) is 0. The van der Waals surface area contributed by atoms with Crippen molar-refractivity contribution in [1.29, 1.82) is 0 Å². The largest absolute Gasteiger partial charge is 0 e. The minimum Gasteiger partial charge on any atom is 0 e. The zero-order valence-corrected chi connectivity index (χ0v) is 8.94. The molecule has 0 N–H and O–H groups in total. The summed E-state index contributed by atoms with van der Waals surface area (Å²) >= 11 is 0.300. The Kier molecular flexibility index (Phi) is 114. The van der Waals surface area contributed by atoms with E-state index in [4.69, 9.17) is 3.08 Å². The van der Waals surface area contributed by atoms with E-state index in [2.05, 4.69) is 0 Å². The van der Waals surface area contributed by atoms with Crippen molar-refractivity contribution in [2.24, 2.45) is 0 Å². The van der Waals surface area contributed by atoms with Crippen LogP contribution in [0.3, 0.4) is 0 Å². The molecule has 0 aliphatic carbocycles. The summed E-state index contributed by atoms with van der Waals surface area (Å²) in [6.45, 7) is 0. The van der Waals surface area contributed by atoms with Gasteiger partial charge in [0.2, 0.25) is 0 Å². The Balaban J connectivity index is -0.00000000500. The fourth-order valence-electron chi connectivity index (χ4n) is 0. The number of hydrogen-bond acceptors (Lipinski definition) is 1. The Hall–Kier alpha value is 1.44. The zero-order chi connectivity index (χ0) is 2.00. The van der Waals surface area contributed by atoms with E-state index in [9.17, 15) is 0 Å². The fraction of sp³-hybridized carbons (Fsp3) is 0. The van der Waals surface area contributed by atoms with Gasteiger partial charge in [0.25, 0.3) is 0 Å². The van der Waals surface area contributed by atoms with Crippen LogP contribution in [0.1, 0.15) is 0 Å². The van der Waals surface area contributed by atoms with E-state index in [1.165, 1.54) is 0 Å². The summed E-state index contributed by atoms with van der Waals surface area (Å²) in [6, 6.07) is 0. The van der Waals surface area contributed by atoms with E-state index in [1.54, 1.807) is 0 Å². The van der Waals surface area contributed by atoms with Crippen LogP contribution in [0.15, 0.2) is 0 Å². The third-order valence-corrected chi connectivity index (χ3v) is 0. The summed E-state index contributed by atoms with van der Waals surface area (Å²) in [4.78, 5) is 0. The summed E-state index contributed by atoms with van der Waals surface area (Å²) in [7, 11) is 0. The molecule has 0 aliphatic heterocycles. The van der Waals surface area contributed by atoms with Gasteiger partial charge in [-0.3, -0.25) is 0 Å². The van der Waals surface area contributed by atoms with Gasteiger partial charge in [0.15, 0.2) is 0 Å². The van der Waals surface area contributed by atoms with Gasteiger partial charge in [-0.25, -0.2) is 0 Å². The van der Waals surface area contributed by atoms with E-state index in [-0.39, 0.29) is 30.4 Å². The van der Waals surface area contributed by atoms with Crippen molar-refractivity contribution < 1.29 is 22.6 Å². The van der Waals surface area contributed by atoms with Gasteiger partial charge in [-0.05, 0) is 0 Å². The molecule has 16 valence electrons. The van der Waals surface area contributed by atoms with Gasteiger partial charge in [-0.15, -0.1) is 0 Å². The maximum absolute atomic E-state index is 8.34. The Morgan fingerprint density at radius 3 is 1.25 bits per heavy atom. The first kappa shape index (κ1) is 18.0. The van der Waals surface area contributed by atoms with Gasteiger partial charge in [0, 0.05) is 30.4 Å². The van der Waals surface area contributed by atoms with Crippen LogP contribution >= 0.6 is 0 Å². The molecule has 0 spiro atoms. The zero-order valence-electron chi connectivity index (χ0n) is 2.12. The molecule has 0 saturated carbocycles. The van der Waals surface area contributed by atoms with Crippen molar-refractivity contribution in [3.05, 3.63) is 0 Å². The second-order valence-electron chi connectivity index (χ2n) is 0. The normalized spacial score (nSPS) is 1.00. The average Bonchev–Trinajstić information content (AvgIpc) is 1.00. The molecular weight excluding hydrogens is 228 g/mol. The summed E-state index contributed by atoms with van der Waals surface area (Å²) in [6.07, 6.45) is 0. The van der Waals surface area contributed by atoms with Gasteiger partial charge < -0.3 is 0 Å². The van der Waals surface area contributed by atoms with Crippen molar-refractivity contribution in [3.8, 4) is 0 Å². The first-order valence-electron chi connectivity index (χ1n) is 0.204. The Morgan fingerprint density at radius 1 is 1.25 bits per heavy atom. The molecule has 4 heavy (non-hydrogen) atoms. The molecule has 0 aromatic heterocycles. The predicted octanol–water partition coefficient (Wildman–Crippen LogP) is -0.883. The molecule has 1 nitrogen and oxygen atoms in total. The molecule has 0 aliphatic rings. The van der Waals surface area contributed by atoms with Gasteiger partial charge in [0.1, 0.15) is 0 Å². The molecule has 0 heterocycles. The molecule has 0 unspecified atom stereocenters. The summed E-state index contributed by atoms with van der Waals surface area (Å²) in [5.41, 5.74) is 0. The average molecular weight is 228 g/mol. The van der Waals surface area contributed by atoms with Crippen molar-refractivity contribution in [2.45, 2.75) is 0 Å². The van der Waals surface area contributed by atoms with Crippen LogP contribution in [0.25, 0.3) is 0 Å². The topological polar surface area (TPSA) is 17.1 Å². The molecule has 0 amide bonds. The SMILES string of the molecule is [O]=[Sn].[Si].[Zn]. The molecule has 0 atom stereocenters. The van der Waals surface area contributed by atoms with E-state index in [0.29, 0.717) is 22.5 Å². The Labute approximate surface area is 55.8 Å². The van der Waals surface area contributed by atoms with Crippen LogP contribution in [-0.2, 0) is 22.6 Å². The van der Waals surface area contributed by atoms with Crippen molar-refractivity contribution in [3.63, 3.8) is 0 Å². The van der Waals surface area contributed by atoms with Gasteiger partial charge in [0.05, 0.1) is 0 Å². The van der Waals surface area contributed by atoms with Crippen LogP contribution in [-0.4, -0.2) is 33.5 Å². The molecular formula is OSiSnZn. The van der Waals surface area contributed by atoms with Gasteiger partial charge >= 0.3 is 25.6 Å². The van der Waals surface area contributed by atoms with Crippen LogP contribution in [0.4, 0.5) is 0 Å². The van der Waals surface area contributed by atoms with Crippen molar-refractivity contribution >= 4 is 33.5 Å². The minimum absolute atomic E-state index is 0. The third kappa shape index (κ3) is 9.88. The molecule has 0 rings (SSSR count). The van der Waals surface area contributed by atoms with Crippen molar-refractivity contribution in [2.75, 3.05) is 0 Å². The summed E-state index contributed by atoms with van der Waals surface area (Å²) in [5, 5.41) is 0. The third-order valence-electron chi connectivity index (χ3n) is 0. The molecule has 6 radical (unpaired) electrons. The monoisotopic (exact) mass is 228 g/mol. The molecule has 0 bridgehead atoms. The fourth-order valence-corrected chi connectivity index (χ4v) is 0. The van der Waals surface area contributed by atoms with Gasteiger partial charge in [-0.2, -0.15) is 0 Å². The Morgan fingerprint density at radius 2 is 1.25 bits per heavy atom. The summed E-state index contributed by atoms with van der Waals surface area (Å²) in [5.74, 6) is 0. The van der Waals surface area contributed by atoms with E-state index < -0.39 is 0 Å². The second kappa shape index (κ2) is 25.4. The van der Waals surface area contributed by atoms with Crippen LogP contribution in [0.2, 0.25) is 0 Å². The standard InChI is InChI=1S/O.Si.Sn.Zn.